The van der Waals surface area contributed by atoms with Crippen molar-refractivity contribution in [1.82, 2.24) is 14.9 Å². The molecule has 2 rings (SSSR count). The third kappa shape index (κ3) is 2.71. The Kier molecular flexibility index (Phi) is 4.12. The lowest BCUT2D eigenvalue weighted by atomic mass is 10.2. The van der Waals surface area contributed by atoms with Crippen molar-refractivity contribution in [3.8, 4) is 0 Å². The fourth-order valence-electron chi connectivity index (χ4n) is 2.09. The average molecular weight is 241 g/mol. The Hall–Kier alpha value is -0.680. The first-order chi connectivity index (χ1) is 7.81. The van der Waals surface area contributed by atoms with Crippen molar-refractivity contribution in [3.05, 3.63) is 18.2 Å². The van der Waals surface area contributed by atoms with Crippen molar-refractivity contribution in [1.29, 1.82) is 0 Å². The molecule has 1 aliphatic heterocycles. The van der Waals surface area contributed by atoms with Crippen molar-refractivity contribution in [2.24, 2.45) is 0 Å². The van der Waals surface area contributed by atoms with Crippen LogP contribution in [0.5, 0.6) is 0 Å². The lowest BCUT2D eigenvalue weighted by Crippen LogP contribution is -2.18. The molecule has 2 atom stereocenters. The highest BCUT2D eigenvalue weighted by Gasteiger charge is 2.19. The van der Waals surface area contributed by atoms with Gasteiger partial charge in [0, 0.05) is 41.1 Å². The maximum absolute atomic E-state index is 11.4. The Morgan fingerprint density at radius 2 is 2.56 bits per heavy atom. The minimum atomic E-state index is -0.690. The standard InChI is InChI=1S/C11H19N3OS/c1-2-16(15)7-6-14-9-12-8-11(14)10-4-3-5-13-10/h8-10,13H,2-7H2,1H3. The summed E-state index contributed by atoms with van der Waals surface area (Å²) in [7, 11) is -0.690. The van der Waals surface area contributed by atoms with E-state index < -0.39 is 10.8 Å². The molecule has 1 aromatic rings. The molecular weight excluding hydrogens is 222 g/mol. The first-order valence-corrected chi connectivity index (χ1v) is 7.38. The maximum Gasteiger partial charge on any atom is 0.0948 e. The van der Waals surface area contributed by atoms with Crippen LogP contribution in [0.15, 0.2) is 12.5 Å². The van der Waals surface area contributed by atoms with Gasteiger partial charge < -0.3 is 9.88 Å². The fourth-order valence-corrected chi connectivity index (χ4v) is 2.78. The van der Waals surface area contributed by atoms with E-state index in [4.69, 9.17) is 0 Å². The predicted molar refractivity (Wildman–Crippen MR) is 65.8 cm³/mol. The van der Waals surface area contributed by atoms with Crippen LogP contribution in [0.4, 0.5) is 0 Å². The summed E-state index contributed by atoms with van der Waals surface area (Å²) in [5.41, 5.74) is 1.24. The van der Waals surface area contributed by atoms with E-state index in [1.165, 1.54) is 18.5 Å². The summed E-state index contributed by atoms with van der Waals surface area (Å²) < 4.78 is 13.5. The molecule has 90 valence electrons. The third-order valence-corrected chi connectivity index (χ3v) is 4.33. The normalized spacial score (nSPS) is 22.4. The lowest BCUT2D eigenvalue weighted by molar-refractivity contribution is 0.576. The fraction of sp³-hybridized carbons (Fsp3) is 0.727. The largest absolute Gasteiger partial charge is 0.332 e. The molecule has 1 fully saturated rings. The van der Waals surface area contributed by atoms with Gasteiger partial charge in [0.05, 0.1) is 12.0 Å². The number of aryl methyl sites for hydroxylation is 1. The molecule has 2 heterocycles. The summed E-state index contributed by atoms with van der Waals surface area (Å²) in [5, 5.41) is 3.46. The number of hydrogen-bond acceptors (Lipinski definition) is 3. The maximum atomic E-state index is 11.4. The highest BCUT2D eigenvalue weighted by atomic mass is 32.2. The minimum Gasteiger partial charge on any atom is -0.332 e. The first-order valence-electron chi connectivity index (χ1n) is 5.89. The van der Waals surface area contributed by atoms with E-state index in [1.807, 2.05) is 19.4 Å². The number of hydrogen-bond donors (Lipinski definition) is 1. The Balaban J connectivity index is 1.98. The number of nitrogens with one attached hydrogen (secondary N) is 1. The first kappa shape index (κ1) is 11.8. The van der Waals surface area contributed by atoms with Gasteiger partial charge in [-0.3, -0.25) is 4.21 Å². The van der Waals surface area contributed by atoms with Gasteiger partial charge in [-0.1, -0.05) is 6.92 Å². The zero-order valence-corrected chi connectivity index (χ0v) is 10.5. The van der Waals surface area contributed by atoms with Gasteiger partial charge in [-0.25, -0.2) is 4.98 Å². The summed E-state index contributed by atoms with van der Waals surface area (Å²) >= 11 is 0. The van der Waals surface area contributed by atoms with E-state index in [2.05, 4.69) is 14.9 Å². The zero-order chi connectivity index (χ0) is 11.4. The molecule has 1 N–H and O–H groups in total. The van der Waals surface area contributed by atoms with Gasteiger partial charge in [0.2, 0.25) is 0 Å². The highest BCUT2D eigenvalue weighted by molar-refractivity contribution is 7.84. The SMILES string of the molecule is CCS(=O)CCn1cncc1C1CCCN1. The molecule has 5 heteroatoms. The van der Waals surface area contributed by atoms with E-state index in [-0.39, 0.29) is 0 Å². The number of aromatic nitrogens is 2. The lowest BCUT2D eigenvalue weighted by Gasteiger charge is -2.13. The van der Waals surface area contributed by atoms with Crippen molar-refractivity contribution in [2.45, 2.75) is 32.4 Å². The minimum absolute atomic E-state index is 0.442. The van der Waals surface area contributed by atoms with Gasteiger partial charge in [-0.05, 0) is 19.4 Å². The summed E-state index contributed by atoms with van der Waals surface area (Å²) in [5.74, 6) is 1.47. The molecule has 0 bridgehead atoms. The number of nitrogens with zero attached hydrogens (tertiary/aromatic N) is 2. The van der Waals surface area contributed by atoms with Crippen LogP contribution >= 0.6 is 0 Å². The van der Waals surface area contributed by atoms with E-state index in [0.29, 0.717) is 6.04 Å². The third-order valence-electron chi connectivity index (χ3n) is 3.04. The van der Waals surface area contributed by atoms with E-state index in [1.54, 1.807) is 0 Å². The molecule has 0 spiro atoms. The molecule has 4 nitrogen and oxygen atoms in total. The van der Waals surface area contributed by atoms with Crippen LogP contribution in [0.3, 0.4) is 0 Å². The highest BCUT2D eigenvalue weighted by Crippen LogP contribution is 2.22. The van der Waals surface area contributed by atoms with Crippen molar-refractivity contribution in [2.75, 3.05) is 18.1 Å². The molecule has 2 unspecified atom stereocenters. The van der Waals surface area contributed by atoms with Gasteiger partial charge in [0.15, 0.2) is 0 Å². The number of rotatable bonds is 5. The van der Waals surface area contributed by atoms with Crippen LogP contribution in [0, 0.1) is 0 Å². The molecule has 0 aromatic carbocycles. The molecular formula is C11H19N3OS. The van der Waals surface area contributed by atoms with E-state index >= 15 is 0 Å². The van der Waals surface area contributed by atoms with Crippen molar-refractivity contribution >= 4 is 10.8 Å². The van der Waals surface area contributed by atoms with Gasteiger partial charge >= 0.3 is 0 Å². The van der Waals surface area contributed by atoms with Gasteiger partial charge in [0.1, 0.15) is 0 Å². The van der Waals surface area contributed by atoms with Crippen LogP contribution in [0.25, 0.3) is 0 Å². The predicted octanol–water partition coefficient (Wildman–Crippen LogP) is 1.08. The Morgan fingerprint density at radius 1 is 1.69 bits per heavy atom. The van der Waals surface area contributed by atoms with Gasteiger partial charge in [0.25, 0.3) is 0 Å². The second kappa shape index (κ2) is 5.59. The monoisotopic (exact) mass is 241 g/mol. The molecule has 0 aliphatic carbocycles. The zero-order valence-electron chi connectivity index (χ0n) is 9.69. The molecule has 0 saturated carbocycles. The average Bonchev–Trinajstić information content (AvgIpc) is 2.95. The van der Waals surface area contributed by atoms with Crippen LogP contribution < -0.4 is 5.32 Å². The molecule has 1 aliphatic rings. The van der Waals surface area contributed by atoms with Gasteiger partial charge in [-0.2, -0.15) is 0 Å². The second-order valence-corrected chi connectivity index (χ2v) is 5.96. The summed E-state index contributed by atoms with van der Waals surface area (Å²) in [4.78, 5) is 4.19. The van der Waals surface area contributed by atoms with Crippen LogP contribution in [-0.2, 0) is 17.3 Å². The molecule has 0 radical (unpaired) electrons. The van der Waals surface area contributed by atoms with E-state index in [9.17, 15) is 4.21 Å². The second-order valence-electron chi connectivity index (χ2n) is 4.09. The summed E-state index contributed by atoms with van der Waals surface area (Å²) in [6.45, 7) is 3.87. The molecule has 1 aromatic heterocycles. The Bertz CT molecular complexity index is 358. The van der Waals surface area contributed by atoms with Crippen LogP contribution in [-0.4, -0.2) is 31.8 Å². The Labute approximate surface area is 98.9 Å². The summed E-state index contributed by atoms with van der Waals surface area (Å²) in [6.07, 6.45) is 6.19. The molecule has 1 saturated heterocycles. The topological polar surface area (TPSA) is 46.9 Å². The van der Waals surface area contributed by atoms with Crippen LogP contribution in [0.1, 0.15) is 31.5 Å². The van der Waals surface area contributed by atoms with Crippen molar-refractivity contribution in [3.63, 3.8) is 0 Å². The number of imidazole rings is 1. The van der Waals surface area contributed by atoms with E-state index in [0.717, 1.165) is 24.6 Å². The summed E-state index contributed by atoms with van der Waals surface area (Å²) in [6, 6.07) is 0.442. The Morgan fingerprint density at radius 3 is 3.25 bits per heavy atom. The van der Waals surface area contributed by atoms with Crippen molar-refractivity contribution < 1.29 is 4.21 Å². The van der Waals surface area contributed by atoms with Gasteiger partial charge in [-0.15, -0.1) is 0 Å². The smallest absolute Gasteiger partial charge is 0.0948 e. The molecule has 16 heavy (non-hydrogen) atoms. The quantitative estimate of drug-likeness (QED) is 0.839. The van der Waals surface area contributed by atoms with Crippen LogP contribution in [0.2, 0.25) is 0 Å². The molecule has 0 amide bonds.